The van der Waals surface area contributed by atoms with Crippen molar-refractivity contribution in [1.82, 2.24) is 5.32 Å². The number of nitrogens with one attached hydrogen (secondary N) is 1. The maximum Gasteiger partial charge on any atom is 0.0480 e. The number of hydrogen-bond donors (Lipinski definition) is 1. The fourth-order valence-corrected chi connectivity index (χ4v) is 1.95. The average Bonchev–Trinajstić information content (AvgIpc) is 2.31. The summed E-state index contributed by atoms with van der Waals surface area (Å²) in [5.74, 6) is 0. The van der Waals surface area contributed by atoms with Crippen molar-refractivity contribution in [2.24, 2.45) is 0 Å². The van der Waals surface area contributed by atoms with Gasteiger partial charge in [0.15, 0.2) is 0 Å². The Bertz CT molecular complexity index is 296. The van der Waals surface area contributed by atoms with Gasteiger partial charge in [0.25, 0.3) is 0 Å². The molecule has 1 rings (SSSR count). The number of ether oxygens (including phenoxy) is 1. The summed E-state index contributed by atoms with van der Waals surface area (Å²) >= 11 is 6.20. The van der Waals surface area contributed by atoms with Crippen molar-refractivity contribution in [3.05, 3.63) is 34.9 Å². The molecule has 1 unspecified atom stereocenters. The first-order chi connectivity index (χ1) is 7.79. The van der Waals surface area contributed by atoms with Crippen LogP contribution in [-0.2, 0) is 4.74 Å². The fourth-order valence-electron chi connectivity index (χ4n) is 1.68. The van der Waals surface area contributed by atoms with Gasteiger partial charge in [-0.05, 0) is 31.0 Å². The zero-order valence-corrected chi connectivity index (χ0v) is 10.8. The molecule has 0 saturated carbocycles. The molecule has 1 atom stereocenters. The van der Waals surface area contributed by atoms with Gasteiger partial charge in [-0.1, -0.05) is 36.7 Å². The summed E-state index contributed by atoms with van der Waals surface area (Å²) in [6, 6.07) is 8.28. The maximum absolute atomic E-state index is 6.20. The van der Waals surface area contributed by atoms with Gasteiger partial charge in [-0.3, -0.25) is 0 Å². The molecule has 0 aromatic heterocycles. The second kappa shape index (κ2) is 7.66. The average molecular weight is 242 g/mol. The molecule has 0 heterocycles. The van der Waals surface area contributed by atoms with Crippen LogP contribution in [-0.4, -0.2) is 20.3 Å². The number of rotatable bonds is 7. The Labute approximate surface area is 103 Å². The molecule has 16 heavy (non-hydrogen) atoms. The van der Waals surface area contributed by atoms with E-state index in [-0.39, 0.29) is 6.04 Å². The van der Waals surface area contributed by atoms with Crippen molar-refractivity contribution in [1.29, 1.82) is 0 Å². The summed E-state index contributed by atoms with van der Waals surface area (Å²) in [5, 5.41) is 4.32. The van der Waals surface area contributed by atoms with E-state index >= 15 is 0 Å². The minimum Gasteiger partial charge on any atom is -0.385 e. The monoisotopic (exact) mass is 241 g/mol. The van der Waals surface area contributed by atoms with E-state index in [1.165, 1.54) is 0 Å². The van der Waals surface area contributed by atoms with Gasteiger partial charge in [-0.2, -0.15) is 0 Å². The van der Waals surface area contributed by atoms with Crippen molar-refractivity contribution in [2.75, 3.05) is 20.3 Å². The fraction of sp³-hybridized carbons (Fsp3) is 0.538. The highest BCUT2D eigenvalue weighted by Crippen LogP contribution is 2.24. The predicted octanol–water partition coefficient (Wildman–Crippen LogP) is 3.42. The molecule has 0 bridgehead atoms. The van der Waals surface area contributed by atoms with Crippen LogP contribution in [0.1, 0.15) is 31.4 Å². The summed E-state index contributed by atoms with van der Waals surface area (Å²) in [4.78, 5) is 0. The zero-order chi connectivity index (χ0) is 11.8. The van der Waals surface area contributed by atoms with Crippen LogP contribution in [0.5, 0.6) is 0 Å². The van der Waals surface area contributed by atoms with E-state index in [2.05, 4.69) is 18.3 Å². The normalized spacial score (nSPS) is 12.7. The van der Waals surface area contributed by atoms with Crippen LogP contribution in [0.15, 0.2) is 24.3 Å². The molecule has 0 amide bonds. The molecule has 0 aliphatic heterocycles. The molecule has 0 radical (unpaired) electrons. The minimum atomic E-state index is 0.286. The Hall–Kier alpha value is -0.570. The lowest BCUT2D eigenvalue weighted by atomic mass is 10.0. The molecule has 0 spiro atoms. The van der Waals surface area contributed by atoms with Crippen LogP contribution >= 0.6 is 11.6 Å². The van der Waals surface area contributed by atoms with Crippen LogP contribution in [0, 0.1) is 0 Å². The van der Waals surface area contributed by atoms with Crippen molar-refractivity contribution in [2.45, 2.75) is 25.8 Å². The number of methoxy groups -OCH3 is 1. The van der Waals surface area contributed by atoms with Crippen LogP contribution < -0.4 is 5.32 Å². The van der Waals surface area contributed by atoms with Crippen molar-refractivity contribution in [3.8, 4) is 0 Å². The lowest BCUT2D eigenvalue weighted by Gasteiger charge is -2.19. The van der Waals surface area contributed by atoms with Crippen molar-refractivity contribution >= 4 is 11.6 Å². The van der Waals surface area contributed by atoms with Gasteiger partial charge in [-0.15, -0.1) is 0 Å². The maximum atomic E-state index is 6.20. The molecule has 2 nitrogen and oxygen atoms in total. The van der Waals surface area contributed by atoms with Gasteiger partial charge in [0.2, 0.25) is 0 Å². The molecule has 1 aromatic rings. The minimum absolute atomic E-state index is 0.286. The van der Waals surface area contributed by atoms with Gasteiger partial charge in [0, 0.05) is 24.8 Å². The van der Waals surface area contributed by atoms with E-state index in [1.54, 1.807) is 7.11 Å². The highest BCUT2D eigenvalue weighted by atomic mass is 35.5. The van der Waals surface area contributed by atoms with Crippen LogP contribution in [0.3, 0.4) is 0 Å². The standard InChI is InChI=1S/C13H20ClNO/c1-3-9-15-13(8-10-16-2)11-6-4-5-7-12(11)14/h4-7,13,15H,3,8-10H2,1-2H3. The van der Waals surface area contributed by atoms with Crippen LogP contribution in [0.4, 0.5) is 0 Å². The Morgan fingerprint density at radius 2 is 2.12 bits per heavy atom. The third-order valence-electron chi connectivity index (χ3n) is 2.53. The molecule has 1 aromatic carbocycles. The van der Waals surface area contributed by atoms with Crippen LogP contribution in [0.25, 0.3) is 0 Å². The van der Waals surface area contributed by atoms with Crippen molar-refractivity contribution in [3.63, 3.8) is 0 Å². The number of benzene rings is 1. The molecular weight excluding hydrogens is 222 g/mol. The van der Waals surface area contributed by atoms with Gasteiger partial charge < -0.3 is 10.1 Å². The molecule has 0 aliphatic rings. The van der Waals surface area contributed by atoms with E-state index < -0.39 is 0 Å². The predicted molar refractivity (Wildman–Crippen MR) is 69.0 cm³/mol. The third kappa shape index (κ3) is 4.12. The van der Waals surface area contributed by atoms with Gasteiger partial charge in [0.05, 0.1) is 0 Å². The summed E-state index contributed by atoms with van der Waals surface area (Å²) in [6.45, 7) is 3.90. The smallest absolute Gasteiger partial charge is 0.0480 e. The van der Waals surface area contributed by atoms with E-state index in [0.29, 0.717) is 0 Å². The first-order valence-corrected chi connectivity index (χ1v) is 6.14. The van der Waals surface area contributed by atoms with Gasteiger partial charge >= 0.3 is 0 Å². The Morgan fingerprint density at radius 3 is 2.75 bits per heavy atom. The summed E-state index contributed by atoms with van der Waals surface area (Å²) in [7, 11) is 1.73. The SMILES string of the molecule is CCCNC(CCOC)c1ccccc1Cl. The quantitative estimate of drug-likeness (QED) is 0.790. The largest absolute Gasteiger partial charge is 0.385 e. The Kier molecular flexibility index (Phi) is 6.46. The lowest BCUT2D eigenvalue weighted by molar-refractivity contribution is 0.183. The first-order valence-electron chi connectivity index (χ1n) is 5.76. The lowest BCUT2D eigenvalue weighted by Crippen LogP contribution is -2.23. The second-order valence-corrected chi connectivity index (χ2v) is 4.22. The van der Waals surface area contributed by atoms with Gasteiger partial charge in [0.1, 0.15) is 0 Å². The highest BCUT2D eigenvalue weighted by Gasteiger charge is 2.12. The molecular formula is C13H20ClNO. The zero-order valence-electron chi connectivity index (χ0n) is 10.0. The molecule has 0 saturated heterocycles. The summed E-state index contributed by atoms with van der Waals surface area (Å²) < 4.78 is 5.13. The Morgan fingerprint density at radius 1 is 1.38 bits per heavy atom. The van der Waals surface area contributed by atoms with E-state index in [1.807, 2.05) is 18.2 Å². The summed E-state index contributed by atoms with van der Waals surface area (Å²) in [6.07, 6.45) is 2.06. The van der Waals surface area contributed by atoms with Gasteiger partial charge in [-0.25, -0.2) is 0 Å². The number of halogens is 1. The van der Waals surface area contributed by atoms with Crippen molar-refractivity contribution < 1.29 is 4.74 Å². The topological polar surface area (TPSA) is 21.3 Å². The first kappa shape index (κ1) is 13.5. The van der Waals surface area contributed by atoms with E-state index in [9.17, 15) is 0 Å². The van der Waals surface area contributed by atoms with Crippen LogP contribution in [0.2, 0.25) is 5.02 Å². The highest BCUT2D eigenvalue weighted by molar-refractivity contribution is 6.31. The summed E-state index contributed by atoms with van der Waals surface area (Å²) in [5.41, 5.74) is 1.16. The number of hydrogen-bond acceptors (Lipinski definition) is 2. The molecule has 0 fully saturated rings. The molecule has 90 valence electrons. The Balaban J connectivity index is 2.70. The second-order valence-electron chi connectivity index (χ2n) is 3.81. The molecule has 3 heteroatoms. The van der Waals surface area contributed by atoms with E-state index in [0.717, 1.165) is 36.6 Å². The molecule has 1 N–H and O–H groups in total. The molecule has 0 aliphatic carbocycles. The third-order valence-corrected chi connectivity index (χ3v) is 2.88. The van der Waals surface area contributed by atoms with E-state index in [4.69, 9.17) is 16.3 Å².